The minimum Gasteiger partial charge on any atom is -0.497 e. The van der Waals surface area contributed by atoms with Gasteiger partial charge in [0.1, 0.15) is 11.5 Å². The molecule has 3 aromatic carbocycles. The van der Waals surface area contributed by atoms with Crippen LogP contribution in [0.25, 0.3) is 22.8 Å². The van der Waals surface area contributed by atoms with E-state index in [1.165, 1.54) is 0 Å². The van der Waals surface area contributed by atoms with Crippen LogP contribution < -0.4 is 9.47 Å². The maximum absolute atomic E-state index is 12.3. The van der Waals surface area contributed by atoms with Gasteiger partial charge >= 0.3 is 0 Å². The minimum absolute atomic E-state index is 0.0740. The van der Waals surface area contributed by atoms with E-state index in [2.05, 4.69) is 10.1 Å². The first kappa shape index (κ1) is 19.7. The first-order chi connectivity index (χ1) is 14.6. The molecule has 30 heavy (non-hydrogen) atoms. The topological polar surface area (TPSA) is 74.5 Å². The van der Waals surface area contributed by atoms with Crippen molar-refractivity contribution in [1.82, 2.24) is 10.1 Å². The fourth-order valence-corrected chi connectivity index (χ4v) is 2.91. The molecule has 0 bridgehead atoms. The highest BCUT2D eigenvalue weighted by atomic mass is 35.5. The Balaban J connectivity index is 1.40. The molecule has 0 amide bonds. The van der Waals surface area contributed by atoms with Crippen LogP contribution in [0.4, 0.5) is 0 Å². The normalized spacial score (nSPS) is 10.6. The number of ether oxygens (including phenoxy) is 2. The third kappa shape index (κ3) is 4.50. The van der Waals surface area contributed by atoms with Gasteiger partial charge in [-0.05, 0) is 60.7 Å². The molecule has 1 heterocycles. The van der Waals surface area contributed by atoms with Crippen LogP contribution in [0.5, 0.6) is 11.5 Å². The van der Waals surface area contributed by atoms with Crippen molar-refractivity contribution in [2.24, 2.45) is 0 Å². The molecule has 4 aromatic rings. The molecule has 4 rings (SSSR count). The van der Waals surface area contributed by atoms with Gasteiger partial charge in [0.05, 0.1) is 7.11 Å². The second-order valence-electron chi connectivity index (χ2n) is 6.40. The second-order valence-corrected chi connectivity index (χ2v) is 6.83. The van der Waals surface area contributed by atoms with Crippen molar-refractivity contribution >= 4 is 17.4 Å². The lowest BCUT2D eigenvalue weighted by atomic mass is 10.1. The Morgan fingerprint density at radius 1 is 0.967 bits per heavy atom. The number of carbonyl (C=O) groups is 1. The molecule has 0 unspecified atom stereocenters. The third-order valence-corrected chi connectivity index (χ3v) is 4.64. The van der Waals surface area contributed by atoms with Crippen molar-refractivity contribution in [2.75, 3.05) is 13.7 Å². The molecule has 1 aromatic heterocycles. The lowest BCUT2D eigenvalue weighted by molar-refractivity contribution is 0.0921. The molecule has 0 aliphatic carbocycles. The smallest absolute Gasteiger partial charge is 0.258 e. The van der Waals surface area contributed by atoms with Gasteiger partial charge in [-0.1, -0.05) is 28.9 Å². The molecular formula is C23H17ClN2O4. The number of methoxy groups -OCH3 is 1. The van der Waals surface area contributed by atoms with Crippen LogP contribution >= 0.6 is 11.6 Å². The van der Waals surface area contributed by atoms with Crippen molar-refractivity contribution in [1.29, 1.82) is 0 Å². The van der Waals surface area contributed by atoms with E-state index in [0.717, 1.165) is 11.1 Å². The number of Topliss-reactive ketones (excluding diaryl/α,β-unsaturated/α-hetero) is 1. The summed E-state index contributed by atoms with van der Waals surface area (Å²) >= 11 is 5.90. The van der Waals surface area contributed by atoms with Gasteiger partial charge in [0.15, 0.2) is 12.4 Å². The van der Waals surface area contributed by atoms with E-state index in [1.807, 2.05) is 24.3 Å². The van der Waals surface area contributed by atoms with Gasteiger partial charge in [-0.15, -0.1) is 0 Å². The second kappa shape index (κ2) is 8.80. The van der Waals surface area contributed by atoms with E-state index in [4.69, 9.17) is 25.6 Å². The molecule has 0 atom stereocenters. The average Bonchev–Trinajstić information content (AvgIpc) is 3.28. The van der Waals surface area contributed by atoms with Crippen LogP contribution in [-0.2, 0) is 0 Å². The van der Waals surface area contributed by atoms with Crippen LogP contribution in [-0.4, -0.2) is 29.6 Å². The standard InChI is InChI=1S/C23H17ClN2O4/c1-28-20-4-2-3-17(13-20)21(27)14-29-19-11-7-15(8-12-19)22-25-23(30-26-22)16-5-9-18(24)10-6-16/h2-13H,14H2,1H3. The summed E-state index contributed by atoms with van der Waals surface area (Å²) in [5.74, 6) is 1.92. The maximum atomic E-state index is 12.3. The SMILES string of the molecule is COc1cccc(C(=O)COc2ccc(-c3noc(-c4ccc(Cl)cc4)n3)cc2)c1. The Hall–Kier alpha value is -3.64. The summed E-state index contributed by atoms with van der Waals surface area (Å²) in [4.78, 5) is 16.7. The number of rotatable bonds is 7. The van der Waals surface area contributed by atoms with E-state index in [9.17, 15) is 4.79 Å². The van der Waals surface area contributed by atoms with Gasteiger partial charge in [-0.2, -0.15) is 4.98 Å². The molecule has 0 fully saturated rings. The Morgan fingerprint density at radius 2 is 1.70 bits per heavy atom. The van der Waals surface area contributed by atoms with Crippen LogP contribution in [0.2, 0.25) is 5.02 Å². The fourth-order valence-electron chi connectivity index (χ4n) is 2.78. The summed E-state index contributed by atoms with van der Waals surface area (Å²) in [6.07, 6.45) is 0. The fraction of sp³-hybridized carbons (Fsp3) is 0.0870. The number of aromatic nitrogens is 2. The molecule has 7 heteroatoms. The zero-order valence-corrected chi connectivity index (χ0v) is 16.8. The maximum Gasteiger partial charge on any atom is 0.258 e. The number of benzene rings is 3. The summed E-state index contributed by atoms with van der Waals surface area (Å²) < 4.78 is 16.1. The van der Waals surface area contributed by atoms with Crippen molar-refractivity contribution < 1.29 is 18.8 Å². The van der Waals surface area contributed by atoms with E-state index < -0.39 is 0 Å². The minimum atomic E-state index is -0.135. The van der Waals surface area contributed by atoms with Gasteiger partial charge in [0, 0.05) is 21.7 Å². The summed E-state index contributed by atoms with van der Waals surface area (Å²) in [7, 11) is 1.56. The number of nitrogens with zero attached hydrogens (tertiary/aromatic N) is 2. The predicted molar refractivity (Wildman–Crippen MR) is 113 cm³/mol. The van der Waals surface area contributed by atoms with Gasteiger partial charge in [-0.3, -0.25) is 4.79 Å². The zero-order valence-electron chi connectivity index (χ0n) is 16.0. The number of hydrogen-bond donors (Lipinski definition) is 0. The summed E-state index contributed by atoms with van der Waals surface area (Å²) in [6, 6.07) is 21.2. The zero-order chi connectivity index (χ0) is 20.9. The molecule has 0 N–H and O–H groups in total. The largest absolute Gasteiger partial charge is 0.497 e. The average molecular weight is 421 g/mol. The molecule has 0 aliphatic heterocycles. The van der Waals surface area contributed by atoms with Gasteiger partial charge < -0.3 is 14.0 Å². The van der Waals surface area contributed by atoms with Crippen molar-refractivity contribution in [3.05, 3.63) is 83.4 Å². The van der Waals surface area contributed by atoms with Crippen molar-refractivity contribution in [2.45, 2.75) is 0 Å². The number of ketones is 1. The lowest BCUT2D eigenvalue weighted by Gasteiger charge is -2.07. The molecule has 6 nitrogen and oxygen atoms in total. The molecule has 0 aliphatic rings. The predicted octanol–water partition coefficient (Wildman–Crippen LogP) is 5.33. The summed E-state index contributed by atoms with van der Waals surface area (Å²) in [5.41, 5.74) is 2.09. The van der Waals surface area contributed by atoms with Crippen molar-refractivity contribution in [3.8, 4) is 34.3 Å². The Kier molecular flexibility index (Phi) is 5.77. The Bertz CT molecular complexity index is 1150. The summed E-state index contributed by atoms with van der Waals surface area (Å²) in [6.45, 7) is -0.0740. The van der Waals surface area contributed by atoms with Crippen LogP contribution in [0.15, 0.2) is 77.3 Å². The van der Waals surface area contributed by atoms with E-state index in [0.29, 0.717) is 33.8 Å². The first-order valence-electron chi connectivity index (χ1n) is 9.12. The van der Waals surface area contributed by atoms with E-state index >= 15 is 0 Å². The van der Waals surface area contributed by atoms with Gasteiger partial charge in [0.25, 0.3) is 5.89 Å². The highest BCUT2D eigenvalue weighted by Crippen LogP contribution is 2.25. The molecule has 0 spiro atoms. The number of hydrogen-bond acceptors (Lipinski definition) is 6. The lowest BCUT2D eigenvalue weighted by Crippen LogP contribution is -2.11. The van der Waals surface area contributed by atoms with Gasteiger partial charge in [-0.25, -0.2) is 0 Å². The van der Waals surface area contributed by atoms with Crippen LogP contribution in [0.3, 0.4) is 0 Å². The Labute approximate surface area is 178 Å². The number of halogens is 1. The molecule has 150 valence electrons. The van der Waals surface area contributed by atoms with E-state index in [1.54, 1.807) is 55.6 Å². The quantitative estimate of drug-likeness (QED) is 0.376. The number of carbonyl (C=O) groups excluding carboxylic acids is 1. The monoisotopic (exact) mass is 420 g/mol. The molecule has 0 saturated carbocycles. The molecule has 0 radical (unpaired) electrons. The van der Waals surface area contributed by atoms with Crippen LogP contribution in [0.1, 0.15) is 10.4 Å². The van der Waals surface area contributed by atoms with E-state index in [-0.39, 0.29) is 12.4 Å². The van der Waals surface area contributed by atoms with Gasteiger partial charge in [0.2, 0.25) is 5.82 Å². The molecular weight excluding hydrogens is 404 g/mol. The summed E-state index contributed by atoms with van der Waals surface area (Å²) in [5, 5.41) is 4.66. The Morgan fingerprint density at radius 3 is 2.43 bits per heavy atom. The third-order valence-electron chi connectivity index (χ3n) is 4.39. The highest BCUT2D eigenvalue weighted by Gasteiger charge is 2.12. The highest BCUT2D eigenvalue weighted by molar-refractivity contribution is 6.30. The molecule has 0 saturated heterocycles. The first-order valence-corrected chi connectivity index (χ1v) is 9.50. The van der Waals surface area contributed by atoms with Crippen LogP contribution in [0, 0.1) is 0 Å². The van der Waals surface area contributed by atoms with Crippen molar-refractivity contribution in [3.63, 3.8) is 0 Å².